The van der Waals surface area contributed by atoms with Crippen molar-refractivity contribution in [3.05, 3.63) is 68.5 Å². The van der Waals surface area contributed by atoms with Crippen molar-refractivity contribution in [1.82, 2.24) is 9.55 Å². The molecule has 0 amide bonds. The van der Waals surface area contributed by atoms with Crippen LogP contribution in [0.25, 0.3) is 10.9 Å². The fourth-order valence-corrected chi connectivity index (χ4v) is 3.91. The summed E-state index contributed by atoms with van der Waals surface area (Å²) in [6.07, 6.45) is -0.723. The van der Waals surface area contributed by atoms with Gasteiger partial charge in [-0.2, -0.15) is 0 Å². The molecule has 0 aliphatic heterocycles. The standard InChI is InChI=1S/C21H21ClN2O3S/c1-12-4-5-15(8-13(12)2)19(26)11-28-21-23-18-9-16(22)6-7-17(18)20(27)24(21)10-14(3)25/h4-9,14,25H,10-11H2,1-3H3/t14-/m0/s1. The first kappa shape index (κ1) is 20.6. The first-order valence-corrected chi connectivity index (χ1v) is 10.2. The summed E-state index contributed by atoms with van der Waals surface area (Å²) in [7, 11) is 0. The first-order valence-electron chi connectivity index (χ1n) is 8.87. The summed E-state index contributed by atoms with van der Waals surface area (Å²) in [5, 5.41) is 11.1. The molecule has 0 saturated carbocycles. The van der Waals surface area contributed by atoms with Crippen LogP contribution in [0.15, 0.2) is 46.3 Å². The summed E-state index contributed by atoms with van der Waals surface area (Å²) >= 11 is 7.22. The Morgan fingerprint density at radius 3 is 2.64 bits per heavy atom. The average molecular weight is 417 g/mol. The van der Waals surface area contributed by atoms with Gasteiger partial charge < -0.3 is 5.11 Å². The molecule has 1 heterocycles. The highest BCUT2D eigenvalue weighted by Gasteiger charge is 2.16. The lowest BCUT2D eigenvalue weighted by atomic mass is 10.0. The van der Waals surface area contributed by atoms with E-state index in [-0.39, 0.29) is 23.6 Å². The highest BCUT2D eigenvalue weighted by Crippen LogP contribution is 2.22. The van der Waals surface area contributed by atoms with Gasteiger partial charge in [-0.3, -0.25) is 14.2 Å². The van der Waals surface area contributed by atoms with Crippen LogP contribution >= 0.6 is 23.4 Å². The number of carbonyl (C=O) groups is 1. The van der Waals surface area contributed by atoms with Crippen molar-refractivity contribution in [1.29, 1.82) is 0 Å². The SMILES string of the molecule is Cc1ccc(C(=O)CSc2nc3cc(Cl)ccc3c(=O)n2C[C@H](C)O)cc1C. The molecule has 7 heteroatoms. The van der Waals surface area contributed by atoms with E-state index in [9.17, 15) is 14.7 Å². The molecule has 5 nitrogen and oxygen atoms in total. The zero-order chi connectivity index (χ0) is 20.4. The maximum Gasteiger partial charge on any atom is 0.262 e. The van der Waals surface area contributed by atoms with Gasteiger partial charge in [-0.1, -0.05) is 35.5 Å². The van der Waals surface area contributed by atoms with Gasteiger partial charge in [0.25, 0.3) is 5.56 Å². The predicted molar refractivity (Wildman–Crippen MR) is 114 cm³/mol. The molecule has 0 saturated heterocycles. The summed E-state index contributed by atoms with van der Waals surface area (Å²) < 4.78 is 1.42. The molecule has 0 spiro atoms. The number of rotatable bonds is 6. The Morgan fingerprint density at radius 1 is 1.21 bits per heavy atom. The van der Waals surface area contributed by atoms with Crippen LogP contribution in [-0.4, -0.2) is 32.3 Å². The number of Topliss-reactive ketones (excluding diaryl/α,β-unsaturated/α-hetero) is 1. The molecule has 0 unspecified atom stereocenters. The van der Waals surface area contributed by atoms with Crippen LogP contribution in [0.2, 0.25) is 5.02 Å². The Kier molecular flexibility index (Phi) is 6.23. The molecule has 3 aromatic rings. The second-order valence-electron chi connectivity index (χ2n) is 6.83. The lowest BCUT2D eigenvalue weighted by molar-refractivity contribution is 0.102. The number of aliphatic hydroxyl groups excluding tert-OH is 1. The number of benzene rings is 2. The summed E-state index contributed by atoms with van der Waals surface area (Å²) in [6.45, 7) is 5.67. The van der Waals surface area contributed by atoms with Crippen molar-refractivity contribution in [2.45, 2.75) is 38.6 Å². The summed E-state index contributed by atoms with van der Waals surface area (Å²) in [4.78, 5) is 30.0. The van der Waals surface area contributed by atoms with Gasteiger partial charge in [-0.15, -0.1) is 0 Å². The summed E-state index contributed by atoms with van der Waals surface area (Å²) in [5.74, 6) is 0.0954. The van der Waals surface area contributed by atoms with Gasteiger partial charge in [-0.05, 0) is 56.2 Å². The average Bonchev–Trinajstić information content (AvgIpc) is 2.64. The van der Waals surface area contributed by atoms with Crippen LogP contribution in [0.5, 0.6) is 0 Å². The molecule has 0 aliphatic carbocycles. The van der Waals surface area contributed by atoms with Gasteiger partial charge in [-0.25, -0.2) is 4.98 Å². The van der Waals surface area contributed by atoms with Gasteiger partial charge >= 0.3 is 0 Å². The second kappa shape index (κ2) is 8.47. The minimum atomic E-state index is -0.723. The fraction of sp³-hybridized carbons (Fsp3) is 0.286. The number of hydrogen-bond donors (Lipinski definition) is 1. The van der Waals surface area contributed by atoms with Gasteiger partial charge in [0.2, 0.25) is 0 Å². The normalized spacial score (nSPS) is 12.3. The van der Waals surface area contributed by atoms with Crippen LogP contribution < -0.4 is 5.56 Å². The van der Waals surface area contributed by atoms with E-state index in [1.807, 2.05) is 32.0 Å². The third kappa shape index (κ3) is 4.46. The Morgan fingerprint density at radius 2 is 1.96 bits per heavy atom. The van der Waals surface area contributed by atoms with E-state index >= 15 is 0 Å². The number of aliphatic hydroxyl groups is 1. The van der Waals surface area contributed by atoms with E-state index in [1.165, 1.54) is 16.3 Å². The number of halogens is 1. The molecule has 1 aromatic heterocycles. The lowest BCUT2D eigenvalue weighted by Gasteiger charge is -2.14. The molecule has 0 bridgehead atoms. The van der Waals surface area contributed by atoms with Gasteiger partial charge in [0.15, 0.2) is 10.9 Å². The molecule has 1 atom stereocenters. The number of ketones is 1. The van der Waals surface area contributed by atoms with Crippen molar-refractivity contribution in [2.24, 2.45) is 0 Å². The Balaban J connectivity index is 1.95. The van der Waals surface area contributed by atoms with Crippen LogP contribution in [-0.2, 0) is 6.54 Å². The fourth-order valence-electron chi connectivity index (χ4n) is 2.84. The number of fused-ring (bicyclic) bond motifs is 1. The van der Waals surface area contributed by atoms with Crippen LogP contribution in [0.1, 0.15) is 28.4 Å². The van der Waals surface area contributed by atoms with E-state index in [1.54, 1.807) is 25.1 Å². The number of carbonyl (C=O) groups excluding carboxylic acids is 1. The zero-order valence-corrected chi connectivity index (χ0v) is 17.5. The Labute approximate surface area is 172 Å². The molecule has 1 N–H and O–H groups in total. The molecular weight excluding hydrogens is 396 g/mol. The quantitative estimate of drug-likeness (QED) is 0.373. The molecule has 2 aromatic carbocycles. The highest BCUT2D eigenvalue weighted by atomic mass is 35.5. The van der Waals surface area contributed by atoms with E-state index < -0.39 is 6.10 Å². The van der Waals surface area contributed by atoms with Crippen LogP contribution in [0, 0.1) is 13.8 Å². The van der Waals surface area contributed by atoms with E-state index in [0.29, 0.717) is 26.6 Å². The number of hydrogen-bond acceptors (Lipinski definition) is 5. The Bertz CT molecular complexity index is 1110. The summed E-state index contributed by atoms with van der Waals surface area (Å²) in [5.41, 5.74) is 3.02. The smallest absolute Gasteiger partial charge is 0.262 e. The van der Waals surface area contributed by atoms with Gasteiger partial charge in [0.05, 0.1) is 29.3 Å². The number of aryl methyl sites for hydroxylation is 2. The van der Waals surface area contributed by atoms with Crippen molar-refractivity contribution in [2.75, 3.05) is 5.75 Å². The van der Waals surface area contributed by atoms with Crippen molar-refractivity contribution >= 4 is 40.0 Å². The van der Waals surface area contributed by atoms with Crippen LogP contribution in [0.4, 0.5) is 0 Å². The van der Waals surface area contributed by atoms with Crippen LogP contribution in [0.3, 0.4) is 0 Å². The number of thioether (sulfide) groups is 1. The van der Waals surface area contributed by atoms with Crippen molar-refractivity contribution in [3.8, 4) is 0 Å². The topological polar surface area (TPSA) is 72.2 Å². The molecule has 146 valence electrons. The molecule has 3 rings (SSSR count). The monoisotopic (exact) mass is 416 g/mol. The van der Waals surface area contributed by atoms with E-state index in [2.05, 4.69) is 4.98 Å². The second-order valence-corrected chi connectivity index (χ2v) is 8.21. The molecule has 0 radical (unpaired) electrons. The van der Waals surface area contributed by atoms with Crippen molar-refractivity contribution < 1.29 is 9.90 Å². The van der Waals surface area contributed by atoms with E-state index in [0.717, 1.165) is 11.1 Å². The summed E-state index contributed by atoms with van der Waals surface area (Å²) in [6, 6.07) is 10.5. The third-order valence-electron chi connectivity index (χ3n) is 4.49. The number of aromatic nitrogens is 2. The maximum absolute atomic E-state index is 12.9. The minimum Gasteiger partial charge on any atom is -0.392 e. The first-order chi connectivity index (χ1) is 13.3. The van der Waals surface area contributed by atoms with E-state index in [4.69, 9.17) is 11.6 Å². The Hall–Kier alpha value is -2.15. The zero-order valence-electron chi connectivity index (χ0n) is 15.9. The minimum absolute atomic E-state index is 0.0443. The lowest BCUT2D eigenvalue weighted by Crippen LogP contribution is -2.28. The molecule has 28 heavy (non-hydrogen) atoms. The number of nitrogens with zero attached hydrogens (tertiary/aromatic N) is 2. The van der Waals surface area contributed by atoms with Gasteiger partial charge in [0, 0.05) is 10.6 Å². The van der Waals surface area contributed by atoms with Crippen molar-refractivity contribution in [3.63, 3.8) is 0 Å². The third-order valence-corrected chi connectivity index (χ3v) is 5.70. The largest absolute Gasteiger partial charge is 0.392 e. The highest BCUT2D eigenvalue weighted by molar-refractivity contribution is 7.99. The maximum atomic E-state index is 12.9. The molecule has 0 fully saturated rings. The predicted octanol–water partition coefficient (Wildman–Crippen LogP) is 4.02. The molecular formula is C21H21ClN2O3S. The molecule has 0 aliphatic rings. The van der Waals surface area contributed by atoms with Gasteiger partial charge in [0.1, 0.15) is 0 Å².